The zero-order chi connectivity index (χ0) is 16.4. The van der Waals surface area contributed by atoms with E-state index in [9.17, 15) is 4.79 Å². The molecule has 1 aliphatic rings. The SMILES string of the molecule is Cc1nc(C)c(C(=O)NCc2ccnc(C3(C)CCCO3)n2)s1. The zero-order valence-corrected chi connectivity index (χ0v) is 14.4. The van der Waals surface area contributed by atoms with Crippen molar-refractivity contribution in [2.75, 3.05) is 6.61 Å². The van der Waals surface area contributed by atoms with Crippen LogP contribution < -0.4 is 5.32 Å². The molecule has 0 aromatic carbocycles. The summed E-state index contributed by atoms with van der Waals surface area (Å²) < 4.78 is 5.78. The summed E-state index contributed by atoms with van der Waals surface area (Å²) in [5.41, 5.74) is 1.13. The predicted octanol–water partition coefficient (Wildman–Crippen LogP) is 2.51. The van der Waals surface area contributed by atoms with Gasteiger partial charge >= 0.3 is 0 Å². The second kappa shape index (κ2) is 6.33. The monoisotopic (exact) mass is 332 g/mol. The maximum atomic E-state index is 12.2. The molecule has 3 heterocycles. The molecular weight excluding hydrogens is 312 g/mol. The Morgan fingerprint density at radius 1 is 1.43 bits per heavy atom. The number of hydrogen-bond donors (Lipinski definition) is 1. The number of aromatic nitrogens is 3. The van der Waals surface area contributed by atoms with Gasteiger partial charge in [-0.25, -0.2) is 15.0 Å². The number of carbonyl (C=O) groups excluding carboxylic acids is 1. The fraction of sp³-hybridized carbons (Fsp3) is 0.500. The minimum Gasteiger partial charge on any atom is -0.367 e. The van der Waals surface area contributed by atoms with E-state index in [1.165, 1.54) is 11.3 Å². The minimum absolute atomic E-state index is 0.114. The standard InChI is InChI=1S/C16H20N4O2S/c1-10-13(23-11(2)19-10)14(21)18-9-12-5-7-17-15(20-12)16(3)6-4-8-22-16/h5,7H,4,6,8-9H2,1-3H3,(H,18,21). The highest BCUT2D eigenvalue weighted by Crippen LogP contribution is 2.33. The van der Waals surface area contributed by atoms with Gasteiger partial charge in [0.1, 0.15) is 10.5 Å². The third-order valence-electron chi connectivity index (χ3n) is 3.94. The van der Waals surface area contributed by atoms with Gasteiger partial charge in [0.25, 0.3) is 5.91 Å². The number of thiazole rings is 1. The van der Waals surface area contributed by atoms with Gasteiger partial charge in [-0.05, 0) is 39.7 Å². The first kappa shape index (κ1) is 16.0. The Morgan fingerprint density at radius 2 is 2.26 bits per heavy atom. The first-order chi connectivity index (χ1) is 11.0. The van der Waals surface area contributed by atoms with Crippen molar-refractivity contribution >= 4 is 17.2 Å². The number of amides is 1. The Hall–Kier alpha value is -1.86. The van der Waals surface area contributed by atoms with Crippen molar-refractivity contribution in [2.24, 2.45) is 0 Å². The molecule has 1 unspecified atom stereocenters. The number of nitrogens with zero attached hydrogens (tertiary/aromatic N) is 3. The summed E-state index contributed by atoms with van der Waals surface area (Å²) in [4.78, 5) is 26.1. The van der Waals surface area contributed by atoms with E-state index < -0.39 is 5.60 Å². The zero-order valence-electron chi connectivity index (χ0n) is 13.5. The van der Waals surface area contributed by atoms with Crippen LogP contribution in [0.15, 0.2) is 12.3 Å². The van der Waals surface area contributed by atoms with Crippen molar-refractivity contribution in [1.29, 1.82) is 0 Å². The Morgan fingerprint density at radius 3 is 2.91 bits per heavy atom. The maximum absolute atomic E-state index is 12.2. The van der Waals surface area contributed by atoms with E-state index in [-0.39, 0.29) is 5.91 Å². The number of rotatable bonds is 4. The van der Waals surface area contributed by atoms with E-state index in [0.717, 1.165) is 35.8 Å². The van der Waals surface area contributed by atoms with Gasteiger partial charge in [0.15, 0.2) is 5.82 Å². The summed E-state index contributed by atoms with van der Waals surface area (Å²) in [6.45, 7) is 6.86. The second-order valence-corrected chi connectivity index (χ2v) is 7.09. The molecule has 0 radical (unpaired) electrons. The van der Waals surface area contributed by atoms with Crippen LogP contribution in [0.4, 0.5) is 0 Å². The second-order valence-electron chi connectivity index (χ2n) is 5.88. The molecule has 1 N–H and O–H groups in total. The topological polar surface area (TPSA) is 77.0 Å². The lowest BCUT2D eigenvalue weighted by atomic mass is 10.0. The predicted molar refractivity (Wildman–Crippen MR) is 87.3 cm³/mol. The average Bonchev–Trinajstić information content (AvgIpc) is 3.12. The van der Waals surface area contributed by atoms with Crippen molar-refractivity contribution < 1.29 is 9.53 Å². The van der Waals surface area contributed by atoms with E-state index in [4.69, 9.17) is 4.74 Å². The molecule has 2 aromatic rings. The van der Waals surface area contributed by atoms with Gasteiger partial charge in [-0.1, -0.05) is 0 Å². The highest BCUT2D eigenvalue weighted by atomic mass is 32.1. The van der Waals surface area contributed by atoms with Gasteiger partial charge in [0.2, 0.25) is 0 Å². The third kappa shape index (κ3) is 3.40. The van der Waals surface area contributed by atoms with Crippen LogP contribution in [0.5, 0.6) is 0 Å². The highest BCUT2D eigenvalue weighted by Gasteiger charge is 2.34. The Labute approximate surface area is 139 Å². The smallest absolute Gasteiger partial charge is 0.263 e. The molecule has 2 aromatic heterocycles. The molecular formula is C16H20N4O2S. The normalized spacial score (nSPS) is 20.7. The van der Waals surface area contributed by atoms with E-state index in [0.29, 0.717) is 17.2 Å². The maximum Gasteiger partial charge on any atom is 0.263 e. The lowest BCUT2D eigenvalue weighted by Gasteiger charge is -2.21. The van der Waals surface area contributed by atoms with Crippen LogP contribution >= 0.6 is 11.3 Å². The number of aryl methyl sites for hydroxylation is 2. The Balaban J connectivity index is 1.69. The van der Waals surface area contributed by atoms with Crippen molar-refractivity contribution in [3.63, 3.8) is 0 Å². The first-order valence-electron chi connectivity index (χ1n) is 7.66. The molecule has 1 amide bonds. The number of hydrogen-bond acceptors (Lipinski definition) is 6. The summed E-state index contributed by atoms with van der Waals surface area (Å²) >= 11 is 1.40. The van der Waals surface area contributed by atoms with Gasteiger partial charge in [-0.15, -0.1) is 11.3 Å². The fourth-order valence-corrected chi connectivity index (χ4v) is 3.53. The lowest BCUT2D eigenvalue weighted by molar-refractivity contribution is 0.00913. The molecule has 6 nitrogen and oxygen atoms in total. The molecule has 0 saturated carbocycles. The van der Waals surface area contributed by atoms with E-state index in [1.807, 2.05) is 26.8 Å². The molecule has 1 saturated heterocycles. The summed E-state index contributed by atoms with van der Waals surface area (Å²) in [7, 11) is 0. The third-order valence-corrected chi connectivity index (χ3v) is 5.02. The molecule has 0 aliphatic carbocycles. The van der Waals surface area contributed by atoms with E-state index in [1.54, 1.807) is 6.20 Å². The molecule has 122 valence electrons. The number of carbonyl (C=O) groups is 1. The highest BCUT2D eigenvalue weighted by molar-refractivity contribution is 7.13. The first-order valence-corrected chi connectivity index (χ1v) is 8.48. The van der Waals surface area contributed by atoms with Gasteiger partial charge < -0.3 is 10.1 Å². The molecule has 1 atom stereocenters. The van der Waals surface area contributed by atoms with Crippen molar-refractivity contribution in [3.05, 3.63) is 39.4 Å². The Kier molecular flexibility index (Phi) is 4.41. The summed E-state index contributed by atoms with van der Waals surface area (Å²) in [6.07, 6.45) is 3.66. The van der Waals surface area contributed by atoms with Crippen LogP contribution in [0.3, 0.4) is 0 Å². The summed E-state index contributed by atoms with van der Waals surface area (Å²) in [5.74, 6) is 0.572. The van der Waals surface area contributed by atoms with Crippen molar-refractivity contribution in [2.45, 2.75) is 45.8 Å². The van der Waals surface area contributed by atoms with Gasteiger partial charge in [-0.2, -0.15) is 0 Å². The quantitative estimate of drug-likeness (QED) is 0.931. The van der Waals surface area contributed by atoms with Crippen LogP contribution in [-0.2, 0) is 16.9 Å². The van der Waals surface area contributed by atoms with Gasteiger partial charge in [0, 0.05) is 12.8 Å². The van der Waals surface area contributed by atoms with Crippen LogP contribution in [0, 0.1) is 13.8 Å². The summed E-state index contributed by atoms with van der Waals surface area (Å²) in [5, 5.41) is 3.79. The minimum atomic E-state index is -0.411. The van der Waals surface area contributed by atoms with Crippen LogP contribution in [0.25, 0.3) is 0 Å². The molecule has 0 spiro atoms. The van der Waals surface area contributed by atoms with E-state index >= 15 is 0 Å². The molecule has 3 rings (SSSR count). The average molecular weight is 332 g/mol. The number of ether oxygens (including phenoxy) is 1. The van der Waals surface area contributed by atoms with Gasteiger partial charge in [-0.3, -0.25) is 4.79 Å². The summed E-state index contributed by atoms with van der Waals surface area (Å²) in [6, 6.07) is 1.81. The Bertz CT molecular complexity index is 723. The van der Waals surface area contributed by atoms with Crippen LogP contribution in [0.2, 0.25) is 0 Å². The lowest BCUT2D eigenvalue weighted by Crippen LogP contribution is -2.26. The molecule has 7 heteroatoms. The number of nitrogens with one attached hydrogen (secondary N) is 1. The van der Waals surface area contributed by atoms with Crippen LogP contribution in [0.1, 0.15) is 51.7 Å². The van der Waals surface area contributed by atoms with Gasteiger partial charge in [0.05, 0.1) is 22.9 Å². The molecule has 0 bridgehead atoms. The molecule has 1 aliphatic heterocycles. The van der Waals surface area contributed by atoms with Crippen molar-refractivity contribution in [1.82, 2.24) is 20.3 Å². The largest absolute Gasteiger partial charge is 0.367 e. The fourth-order valence-electron chi connectivity index (χ4n) is 2.70. The van der Waals surface area contributed by atoms with Crippen LogP contribution in [-0.4, -0.2) is 27.5 Å². The van der Waals surface area contributed by atoms with E-state index in [2.05, 4.69) is 20.3 Å². The molecule has 1 fully saturated rings. The van der Waals surface area contributed by atoms with Crippen molar-refractivity contribution in [3.8, 4) is 0 Å². The molecule has 23 heavy (non-hydrogen) atoms.